The summed E-state index contributed by atoms with van der Waals surface area (Å²) in [5, 5.41) is 0. The van der Waals surface area contributed by atoms with Gasteiger partial charge in [-0.1, -0.05) is 31.1 Å². The Morgan fingerprint density at radius 1 is 1.13 bits per heavy atom. The van der Waals surface area contributed by atoms with Gasteiger partial charge in [-0.25, -0.2) is 0 Å². The van der Waals surface area contributed by atoms with E-state index >= 15 is 0 Å². The molecule has 0 fully saturated rings. The molecule has 15 heavy (non-hydrogen) atoms. The molecular formula is C13H23NO. The molecule has 0 radical (unpaired) electrons. The van der Waals surface area contributed by atoms with Crippen molar-refractivity contribution in [3.05, 3.63) is 23.8 Å². The monoisotopic (exact) mass is 209 g/mol. The predicted octanol–water partition coefficient (Wildman–Crippen LogP) is 2.80. The van der Waals surface area contributed by atoms with Crippen LogP contribution >= 0.6 is 0 Å². The van der Waals surface area contributed by atoms with Gasteiger partial charge in [0, 0.05) is 6.61 Å². The van der Waals surface area contributed by atoms with Crippen LogP contribution in [0.5, 0.6) is 0 Å². The lowest BCUT2D eigenvalue weighted by molar-refractivity contribution is 0.152. The van der Waals surface area contributed by atoms with Crippen LogP contribution in [0.15, 0.2) is 23.8 Å². The molecule has 0 atom stereocenters. The second-order valence-corrected chi connectivity index (χ2v) is 4.01. The second-order valence-electron chi connectivity index (χ2n) is 4.01. The maximum Gasteiger partial charge on any atom is 0.0713 e. The largest absolute Gasteiger partial charge is 0.377 e. The van der Waals surface area contributed by atoms with E-state index < -0.39 is 0 Å². The third-order valence-corrected chi connectivity index (χ3v) is 2.58. The Hall–Kier alpha value is -0.600. The van der Waals surface area contributed by atoms with E-state index in [9.17, 15) is 0 Å². The van der Waals surface area contributed by atoms with Gasteiger partial charge in [0.05, 0.1) is 6.61 Å². The fraction of sp³-hybridized carbons (Fsp3) is 0.692. The normalized spacial score (nSPS) is 15.4. The van der Waals surface area contributed by atoms with E-state index in [2.05, 4.69) is 18.2 Å². The molecule has 0 saturated heterocycles. The number of rotatable bonds is 8. The van der Waals surface area contributed by atoms with Crippen molar-refractivity contribution in [1.82, 2.24) is 0 Å². The number of allylic oxidation sites excluding steroid dienone is 2. The van der Waals surface area contributed by atoms with Gasteiger partial charge in [-0.2, -0.15) is 0 Å². The second kappa shape index (κ2) is 8.69. The van der Waals surface area contributed by atoms with Crippen molar-refractivity contribution in [3.8, 4) is 0 Å². The van der Waals surface area contributed by atoms with Crippen molar-refractivity contribution in [3.63, 3.8) is 0 Å². The number of hydrogen-bond acceptors (Lipinski definition) is 2. The zero-order valence-electron chi connectivity index (χ0n) is 9.58. The highest BCUT2D eigenvalue weighted by atomic mass is 16.5. The maximum absolute atomic E-state index is 5.60. The van der Waals surface area contributed by atoms with Crippen LogP contribution in [0.1, 0.15) is 38.5 Å². The minimum absolute atomic E-state index is 0.785. The standard InChI is InChI=1S/C13H23NO/c14-10-6-1-2-7-11-15-12-13-8-4-3-5-9-13/h4,8-9H,1-3,5-7,10-12,14H2. The summed E-state index contributed by atoms with van der Waals surface area (Å²) in [7, 11) is 0. The van der Waals surface area contributed by atoms with Crippen LogP contribution in [-0.4, -0.2) is 19.8 Å². The Balaban J connectivity index is 1.88. The van der Waals surface area contributed by atoms with E-state index in [1.165, 1.54) is 31.3 Å². The molecule has 0 bridgehead atoms. The van der Waals surface area contributed by atoms with E-state index in [0.717, 1.165) is 32.6 Å². The summed E-state index contributed by atoms with van der Waals surface area (Å²) in [4.78, 5) is 0. The smallest absolute Gasteiger partial charge is 0.0713 e. The molecule has 86 valence electrons. The van der Waals surface area contributed by atoms with Crippen molar-refractivity contribution in [2.75, 3.05) is 19.8 Å². The lowest BCUT2D eigenvalue weighted by Gasteiger charge is -2.07. The van der Waals surface area contributed by atoms with Gasteiger partial charge >= 0.3 is 0 Å². The van der Waals surface area contributed by atoms with Crippen LogP contribution in [0.2, 0.25) is 0 Å². The molecule has 0 aromatic rings. The summed E-state index contributed by atoms with van der Waals surface area (Å²) in [5.41, 5.74) is 6.76. The fourth-order valence-corrected chi connectivity index (χ4v) is 1.67. The summed E-state index contributed by atoms with van der Waals surface area (Å²) in [6.45, 7) is 2.49. The van der Waals surface area contributed by atoms with Gasteiger partial charge in [-0.15, -0.1) is 0 Å². The molecule has 0 spiro atoms. The van der Waals surface area contributed by atoms with Crippen molar-refractivity contribution in [2.24, 2.45) is 5.73 Å². The third-order valence-electron chi connectivity index (χ3n) is 2.58. The van der Waals surface area contributed by atoms with E-state index in [0.29, 0.717) is 0 Å². The molecule has 0 amide bonds. The quantitative estimate of drug-likeness (QED) is 0.624. The Bertz CT molecular complexity index is 209. The summed E-state index contributed by atoms with van der Waals surface area (Å²) in [6.07, 6.45) is 13.8. The minimum atomic E-state index is 0.785. The first-order valence-electron chi connectivity index (χ1n) is 6.07. The first-order chi connectivity index (χ1) is 7.43. The molecule has 1 aliphatic rings. The Morgan fingerprint density at radius 2 is 2.00 bits per heavy atom. The van der Waals surface area contributed by atoms with Crippen LogP contribution in [-0.2, 0) is 4.74 Å². The SMILES string of the molecule is NCCCCCCOCC1=CCCC=C1. The van der Waals surface area contributed by atoms with Crippen LogP contribution < -0.4 is 5.73 Å². The van der Waals surface area contributed by atoms with Crippen LogP contribution in [0, 0.1) is 0 Å². The molecule has 1 aliphatic carbocycles. The van der Waals surface area contributed by atoms with Gasteiger partial charge in [-0.3, -0.25) is 0 Å². The molecule has 0 unspecified atom stereocenters. The highest BCUT2D eigenvalue weighted by molar-refractivity contribution is 5.22. The van der Waals surface area contributed by atoms with Gasteiger partial charge in [0.1, 0.15) is 0 Å². The molecule has 0 aromatic heterocycles. The molecule has 2 heteroatoms. The number of ether oxygens (including phenoxy) is 1. The molecule has 0 heterocycles. The molecule has 0 saturated carbocycles. The zero-order valence-corrected chi connectivity index (χ0v) is 9.58. The van der Waals surface area contributed by atoms with E-state index in [4.69, 9.17) is 10.5 Å². The summed E-state index contributed by atoms with van der Waals surface area (Å²) in [5.74, 6) is 0. The molecule has 1 rings (SSSR count). The average Bonchev–Trinajstić information content (AvgIpc) is 2.29. The minimum Gasteiger partial charge on any atom is -0.377 e. The van der Waals surface area contributed by atoms with Gasteiger partial charge in [0.25, 0.3) is 0 Å². The molecule has 0 aromatic carbocycles. The van der Waals surface area contributed by atoms with Crippen LogP contribution in [0.3, 0.4) is 0 Å². The van der Waals surface area contributed by atoms with Crippen molar-refractivity contribution in [2.45, 2.75) is 38.5 Å². The summed E-state index contributed by atoms with van der Waals surface area (Å²) in [6, 6.07) is 0. The Labute approximate surface area is 93.2 Å². The van der Waals surface area contributed by atoms with Crippen molar-refractivity contribution >= 4 is 0 Å². The lowest BCUT2D eigenvalue weighted by Crippen LogP contribution is -2.01. The maximum atomic E-state index is 5.60. The van der Waals surface area contributed by atoms with Gasteiger partial charge in [0.2, 0.25) is 0 Å². The first kappa shape index (κ1) is 12.5. The lowest BCUT2D eigenvalue weighted by atomic mass is 10.1. The Morgan fingerprint density at radius 3 is 2.73 bits per heavy atom. The molecule has 2 nitrogen and oxygen atoms in total. The van der Waals surface area contributed by atoms with E-state index in [-0.39, 0.29) is 0 Å². The number of hydrogen-bond donors (Lipinski definition) is 1. The van der Waals surface area contributed by atoms with Crippen molar-refractivity contribution in [1.29, 1.82) is 0 Å². The first-order valence-corrected chi connectivity index (χ1v) is 6.07. The summed E-state index contributed by atoms with van der Waals surface area (Å²) >= 11 is 0. The average molecular weight is 209 g/mol. The van der Waals surface area contributed by atoms with Gasteiger partial charge < -0.3 is 10.5 Å². The predicted molar refractivity (Wildman–Crippen MR) is 64.8 cm³/mol. The topological polar surface area (TPSA) is 35.2 Å². The summed E-state index contributed by atoms with van der Waals surface area (Å²) < 4.78 is 5.60. The highest BCUT2D eigenvalue weighted by Gasteiger charge is 1.97. The number of unbranched alkanes of at least 4 members (excludes halogenated alkanes) is 3. The molecule has 0 aliphatic heterocycles. The molecule has 2 N–H and O–H groups in total. The van der Waals surface area contributed by atoms with Crippen LogP contribution in [0.4, 0.5) is 0 Å². The molecular weight excluding hydrogens is 186 g/mol. The highest BCUT2D eigenvalue weighted by Crippen LogP contribution is 2.10. The van der Waals surface area contributed by atoms with Crippen molar-refractivity contribution < 1.29 is 4.74 Å². The van der Waals surface area contributed by atoms with E-state index in [1.54, 1.807) is 0 Å². The van der Waals surface area contributed by atoms with E-state index in [1.807, 2.05) is 0 Å². The van der Waals surface area contributed by atoms with Gasteiger partial charge in [-0.05, 0) is 37.8 Å². The third kappa shape index (κ3) is 6.47. The Kier molecular flexibility index (Phi) is 7.22. The zero-order chi connectivity index (χ0) is 10.8. The number of nitrogens with two attached hydrogens (primary N) is 1. The van der Waals surface area contributed by atoms with Crippen LogP contribution in [0.25, 0.3) is 0 Å². The van der Waals surface area contributed by atoms with Gasteiger partial charge in [0.15, 0.2) is 0 Å². The fourth-order valence-electron chi connectivity index (χ4n) is 1.67.